The molecule has 1 saturated carbocycles. The number of rotatable bonds is 3. The molecule has 0 aromatic carbocycles. The van der Waals surface area contributed by atoms with Gasteiger partial charge in [0, 0.05) is 23.7 Å². The lowest BCUT2D eigenvalue weighted by Crippen LogP contribution is -2.46. The predicted octanol–water partition coefficient (Wildman–Crippen LogP) is 2.20. The summed E-state index contributed by atoms with van der Waals surface area (Å²) in [6.07, 6.45) is -2.54. The second-order valence-electron chi connectivity index (χ2n) is 4.88. The zero-order valence-electron chi connectivity index (χ0n) is 10.7. The molecule has 0 saturated heterocycles. The van der Waals surface area contributed by atoms with Gasteiger partial charge in [-0.05, 0) is 31.9 Å². The van der Waals surface area contributed by atoms with E-state index in [1.165, 1.54) is 13.0 Å². The zero-order valence-corrected chi connectivity index (χ0v) is 10.7. The molecule has 1 fully saturated rings. The number of hydrogen-bond acceptors (Lipinski definition) is 3. The van der Waals surface area contributed by atoms with Gasteiger partial charge in [0.1, 0.15) is 11.5 Å². The second kappa shape index (κ2) is 5.22. The Morgan fingerprint density at radius 2 is 2.00 bits per heavy atom. The highest BCUT2D eigenvalue weighted by atomic mass is 19.4. The van der Waals surface area contributed by atoms with E-state index in [1.807, 2.05) is 0 Å². The highest BCUT2D eigenvalue weighted by molar-refractivity contribution is 5.94. The van der Waals surface area contributed by atoms with Crippen LogP contribution in [0.3, 0.4) is 0 Å². The first kappa shape index (κ1) is 14.5. The molecule has 1 aliphatic carbocycles. The summed E-state index contributed by atoms with van der Waals surface area (Å²) in [4.78, 5) is 26.0. The molecule has 1 aromatic heterocycles. The van der Waals surface area contributed by atoms with Crippen molar-refractivity contribution in [3.05, 3.63) is 29.6 Å². The molecule has 4 nitrogen and oxygen atoms in total. The number of amides is 1. The van der Waals surface area contributed by atoms with Crippen LogP contribution >= 0.6 is 0 Å². The Bertz CT molecular complexity index is 537. The van der Waals surface area contributed by atoms with E-state index in [1.54, 1.807) is 0 Å². The van der Waals surface area contributed by atoms with Gasteiger partial charge in [-0.15, -0.1) is 0 Å². The molecule has 1 heterocycles. The Labute approximate surface area is 113 Å². The van der Waals surface area contributed by atoms with Gasteiger partial charge in [0.2, 0.25) is 0 Å². The minimum Gasteiger partial charge on any atom is -0.349 e. The Hall–Kier alpha value is -1.92. The number of carbonyl (C=O) groups is 2. The van der Waals surface area contributed by atoms with Crippen LogP contribution < -0.4 is 5.32 Å². The number of pyridine rings is 1. The standard InChI is InChI=1S/C13H13F3N2O2/c1-7(19)9-4-10(5-9)18-12(20)8-2-3-17-11(6-8)13(14,15)16/h2-3,6,9-10H,4-5H2,1H3,(H,18,20). The number of nitrogens with zero attached hydrogens (tertiary/aromatic N) is 1. The molecule has 0 radical (unpaired) electrons. The molecule has 2 rings (SSSR count). The third-order valence-electron chi connectivity index (χ3n) is 3.36. The number of halogens is 3. The quantitative estimate of drug-likeness (QED) is 0.926. The predicted molar refractivity (Wildman–Crippen MR) is 63.9 cm³/mol. The molecule has 20 heavy (non-hydrogen) atoms. The summed E-state index contributed by atoms with van der Waals surface area (Å²) in [5.74, 6) is -0.563. The lowest BCUT2D eigenvalue weighted by molar-refractivity contribution is -0.141. The maximum atomic E-state index is 12.5. The summed E-state index contributed by atoms with van der Waals surface area (Å²) in [7, 11) is 0. The maximum Gasteiger partial charge on any atom is 0.433 e. The average Bonchev–Trinajstić information content (AvgIpc) is 2.31. The molecular formula is C13H13F3N2O2. The number of ketones is 1. The van der Waals surface area contributed by atoms with Crippen LogP contribution in [-0.4, -0.2) is 22.7 Å². The van der Waals surface area contributed by atoms with Gasteiger partial charge in [-0.25, -0.2) is 0 Å². The van der Waals surface area contributed by atoms with Gasteiger partial charge in [-0.2, -0.15) is 13.2 Å². The average molecular weight is 286 g/mol. The zero-order chi connectivity index (χ0) is 14.9. The maximum absolute atomic E-state index is 12.5. The summed E-state index contributed by atoms with van der Waals surface area (Å²) in [5, 5.41) is 2.61. The van der Waals surface area contributed by atoms with E-state index in [0.29, 0.717) is 12.8 Å². The van der Waals surface area contributed by atoms with E-state index in [2.05, 4.69) is 10.3 Å². The smallest absolute Gasteiger partial charge is 0.349 e. The summed E-state index contributed by atoms with van der Waals surface area (Å²) < 4.78 is 37.4. The second-order valence-corrected chi connectivity index (χ2v) is 4.88. The number of alkyl halides is 3. The monoisotopic (exact) mass is 286 g/mol. The molecule has 108 valence electrons. The Morgan fingerprint density at radius 1 is 1.35 bits per heavy atom. The van der Waals surface area contributed by atoms with Gasteiger partial charge < -0.3 is 5.32 Å². The van der Waals surface area contributed by atoms with Crippen LogP contribution in [0.25, 0.3) is 0 Å². The normalized spacial score (nSPS) is 22.0. The van der Waals surface area contributed by atoms with E-state index in [4.69, 9.17) is 0 Å². The van der Waals surface area contributed by atoms with E-state index >= 15 is 0 Å². The molecule has 0 unspecified atom stereocenters. The fourth-order valence-electron chi connectivity index (χ4n) is 2.06. The number of Topliss-reactive ketones (excluding diaryl/α,β-unsaturated/α-hetero) is 1. The molecule has 0 spiro atoms. The van der Waals surface area contributed by atoms with Crippen molar-refractivity contribution in [2.24, 2.45) is 5.92 Å². The van der Waals surface area contributed by atoms with Crippen molar-refractivity contribution in [2.45, 2.75) is 32.0 Å². The third-order valence-corrected chi connectivity index (χ3v) is 3.36. The van der Waals surface area contributed by atoms with Gasteiger partial charge in [0.25, 0.3) is 5.91 Å². The van der Waals surface area contributed by atoms with E-state index < -0.39 is 17.8 Å². The van der Waals surface area contributed by atoms with Crippen molar-refractivity contribution >= 4 is 11.7 Å². The highest BCUT2D eigenvalue weighted by Crippen LogP contribution is 2.29. The van der Waals surface area contributed by atoms with E-state index in [0.717, 1.165) is 12.3 Å². The molecule has 1 aliphatic rings. The van der Waals surface area contributed by atoms with Crippen LogP contribution in [0.5, 0.6) is 0 Å². The van der Waals surface area contributed by atoms with Crippen LogP contribution in [0.2, 0.25) is 0 Å². The van der Waals surface area contributed by atoms with Crippen molar-refractivity contribution in [3.63, 3.8) is 0 Å². The fraction of sp³-hybridized carbons (Fsp3) is 0.462. The summed E-state index contributed by atoms with van der Waals surface area (Å²) in [6.45, 7) is 1.49. The van der Waals surface area contributed by atoms with Crippen molar-refractivity contribution in [1.82, 2.24) is 10.3 Å². The molecule has 0 aliphatic heterocycles. The number of nitrogens with one attached hydrogen (secondary N) is 1. The molecule has 1 N–H and O–H groups in total. The SMILES string of the molecule is CC(=O)C1CC(NC(=O)c2ccnc(C(F)(F)F)c2)C1. The molecule has 0 atom stereocenters. The number of aromatic nitrogens is 1. The molecule has 7 heteroatoms. The first-order valence-corrected chi connectivity index (χ1v) is 6.12. The molecule has 1 aromatic rings. The van der Waals surface area contributed by atoms with Gasteiger partial charge in [-0.1, -0.05) is 0 Å². The van der Waals surface area contributed by atoms with Gasteiger partial charge in [-0.3, -0.25) is 14.6 Å². The summed E-state index contributed by atoms with van der Waals surface area (Å²) in [6, 6.07) is 1.79. The van der Waals surface area contributed by atoms with Crippen molar-refractivity contribution in [2.75, 3.05) is 0 Å². The lowest BCUT2D eigenvalue weighted by atomic mass is 9.78. The van der Waals surface area contributed by atoms with Crippen molar-refractivity contribution < 1.29 is 22.8 Å². The number of carbonyl (C=O) groups excluding carboxylic acids is 2. The van der Waals surface area contributed by atoms with Crippen LogP contribution in [-0.2, 0) is 11.0 Å². The topological polar surface area (TPSA) is 59.1 Å². The molecular weight excluding hydrogens is 273 g/mol. The Morgan fingerprint density at radius 3 is 2.55 bits per heavy atom. The van der Waals surface area contributed by atoms with E-state index in [9.17, 15) is 22.8 Å². The largest absolute Gasteiger partial charge is 0.433 e. The molecule has 1 amide bonds. The Balaban J connectivity index is 1.99. The van der Waals surface area contributed by atoms with Crippen LogP contribution in [0.4, 0.5) is 13.2 Å². The first-order valence-electron chi connectivity index (χ1n) is 6.12. The first-order chi connectivity index (χ1) is 9.27. The third kappa shape index (κ3) is 3.15. The van der Waals surface area contributed by atoms with Gasteiger partial charge >= 0.3 is 6.18 Å². The molecule has 0 bridgehead atoms. The number of hydrogen-bond donors (Lipinski definition) is 1. The Kier molecular flexibility index (Phi) is 3.78. The lowest BCUT2D eigenvalue weighted by Gasteiger charge is -2.34. The van der Waals surface area contributed by atoms with Crippen LogP contribution in [0.1, 0.15) is 35.8 Å². The van der Waals surface area contributed by atoms with Crippen molar-refractivity contribution in [3.8, 4) is 0 Å². The van der Waals surface area contributed by atoms with Gasteiger partial charge in [0.05, 0.1) is 0 Å². The summed E-state index contributed by atoms with van der Waals surface area (Å²) >= 11 is 0. The van der Waals surface area contributed by atoms with E-state index in [-0.39, 0.29) is 23.3 Å². The van der Waals surface area contributed by atoms with Crippen LogP contribution in [0, 0.1) is 5.92 Å². The van der Waals surface area contributed by atoms with Crippen molar-refractivity contribution in [1.29, 1.82) is 0 Å². The van der Waals surface area contributed by atoms with Gasteiger partial charge in [0.15, 0.2) is 0 Å². The highest BCUT2D eigenvalue weighted by Gasteiger charge is 2.35. The minimum atomic E-state index is -4.58. The summed E-state index contributed by atoms with van der Waals surface area (Å²) in [5.41, 5.74) is -1.18. The minimum absolute atomic E-state index is 0.0523. The van der Waals surface area contributed by atoms with Crippen LogP contribution in [0.15, 0.2) is 18.3 Å². The fourth-order valence-corrected chi connectivity index (χ4v) is 2.06.